The number of fused-ring (bicyclic) bond motifs is 1. The van der Waals surface area contributed by atoms with Gasteiger partial charge in [-0.1, -0.05) is 5.16 Å². The molecule has 9 heteroatoms. The maximum absolute atomic E-state index is 11.8. The first-order valence-corrected chi connectivity index (χ1v) is 8.46. The molecule has 1 unspecified atom stereocenters. The van der Waals surface area contributed by atoms with E-state index in [0.717, 1.165) is 25.0 Å². The maximum Gasteiger partial charge on any atom is 0.258 e. The topological polar surface area (TPSA) is 105 Å². The van der Waals surface area contributed by atoms with Crippen LogP contribution in [0.1, 0.15) is 18.7 Å². The molecule has 2 aliphatic heterocycles. The fourth-order valence-corrected chi connectivity index (χ4v) is 2.76. The van der Waals surface area contributed by atoms with Crippen molar-refractivity contribution in [2.45, 2.75) is 25.5 Å². The van der Waals surface area contributed by atoms with Crippen LogP contribution >= 0.6 is 0 Å². The van der Waals surface area contributed by atoms with E-state index in [1.807, 2.05) is 6.07 Å². The highest BCUT2D eigenvalue weighted by Gasteiger charge is 2.18. The molecule has 1 N–H and O–H groups in total. The molecule has 0 radical (unpaired) electrons. The van der Waals surface area contributed by atoms with Crippen LogP contribution in [0.25, 0.3) is 11.5 Å². The number of aromatic nitrogens is 2. The molecule has 4 rings (SSSR count). The van der Waals surface area contributed by atoms with Crippen molar-refractivity contribution in [3.05, 3.63) is 24.0 Å². The Morgan fingerprint density at radius 1 is 1.31 bits per heavy atom. The van der Waals surface area contributed by atoms with Gasteiger partial charge in [0.1, 0.15) is 6.61 Å². The fourth-order valence-electron chi connectivity index (χ4n) is 2.76. The zero-order valence-electron chi connectivity index (χ0n) is 14.1. The summed E-state index contributed by atoms with van der Waals surface area (Å²) < 4.78 is 26.6. The predicted molar refractivity (Wildman–Crippen MR) is 87.5 cm³/mol. The van der Waals surface area contributed by atoms with Gasteiger partial charge in [-0.3, -0.25) is 4.79 Å². The van der Waals surface area contributed by atoms with Crippen molar-refractivity contribution in [1.29, 1.82) is 0 Å². The number of benzene rings is 1. The second-order valence-corrected chi connectivity index (χ2v) is 6.01. The van der Waals surface area contributed by atoms with Gasteiger partial charge in [-0.25, -0.2) is 0 Å². The van der Waals surface area contributed by atoms with Gasteiger partial charge in [-0.15, -0.1) is 0 Å². The zero-order valence-corrected chi connectivity index (χ0v) is 14.1. The van der Waals surface area contributed by atoms with Crippen molar-refractivity contribution in [2.24, 2.45) is 0 Å². The van der Waals surface area contributed by atoms with E-state index in [2.05, 4.69) is 15.5 Å². The minimum absolute atomic E-state index is 0.0211. The molecule has 0 bridgehead atoms. The number of carbonyl (C=O) groups is 1. The van der Waals surface area contributed by atoms with E-state index >= 15 is 0 Å². The molecule has 1 aromatic carbocycles. The highest BCUT2D eigenvalue weighted by molar-refractivity contribution is 5.77. The van der Waals surface area contributed by atoms with Gasteiger partial charge in [-0.2, -0.15) is 4.98 Å². The number of hydrogen-bond donors (Lipinski definition) is 1. The molecular formula is C17H19N3O6. The standard InChI is InChI=1S/C17H19N3O6/c21-16(9-22-8-12-2-1-5-23-12)18-7-15-19-17(26-20-15)11-3-4-13-14(6-11)25-10-24-13/h3-4,6,12H,1-2,5,7-10H2,(H,18,21). The number of hydrogen-bond acceptors (Lipinski definition) is 8. The molecule has 1 fully saturated rings. The van der Waals surface area contributed by atoms with Crippen LogP contribution < -0.4 is 14.8 Å². The summed E-state index contributed by atoms with van der Waals surface area (Å²) in [6.45, 7) is 1.55. The average Bonchev–Trinajstić information content (AvgIpc) is 3.40. The second kappa shape index (κ2) is 7.71. The first-order valence-electron chi connectivity index (χ1n) is 8.46. The summed E-state index contributed by atoms with van der Waals surface area (Å²) in [7, 11) is 0. The number of nitrogens with zero attached hydrogens (tertiary/aromatic N) is 2. The molecule has 1 saturated heterocycles. The number of ether oxygens (including phenoxy) is 4. The van der Waals surface area contributed by atoms with Gasteiger partial charge in [-0.05, 0) is 31.0 Å². The quantitative estimate of drug-likeness (QED) is 0.786. The molecule has 0 saturated carbocycles. The zero-order chi connectivity index (χ0) is 17.8. The van der Waals surface area contributed by atoms with Crippen LogP contribution in [0.3, 0.4) is 0 Å². The van der Waals surface area contributed by atoms with Gasteiger partial charge in [0.15, 0.2) is 17.3 Å². The lowest BCUT2D eigenvalue weighted by Crippen LogP contribution is -2.29. The van der Waals surface area contributed by atoms with Crippen molar-refractivity contribution in [1.82, 2.24) is 15.5 Å². The van der Waals surface area contributed by atoms with Crippen molar-refractivity contribution in [3.8, 4) is 23.0 Å². The van der Waals surface area contributed by atoms with Crippen LogP contribution in [-0.4, -0.2) is 48.8 Å². The highest BCUT2D eigenvalue weighted by Crippen LogP contribution is 2.35. The Labute approximate surface area is 149 Å². The molecule has 1 aromatic heterocycles. The Morgan fingerprint density at radius 2 is 2.23 bits per heavy atom. The van der Waals surface area contributed by atoms with E-state index in [9.17, 15) is 4.79 Å². The van der Waals surface area contributed by atoms with Crippen LogP contribution in [-0.2, 0) is 20.8 Å². The minimum Gasteiger partial charge on any atom is -0.454 e. The molecule has 26 heavy (non-hydrogen) atoms. The van der Waals surface area contributed by atoms with Crippen molar-refractivity contribution < 1.29 is 28.3 Å². The van der Waals surface area contributed by atoms with E-state index < -0.39 is 0 Å². The fraction of sp³-hybridized carbons (Fsp3) is 0.471. The lowest BCUT2D eigenvalue weighted by Gasteiger charge is -2.09. The lowest BCUT2D eigenvalue weighted by atomic mass is 10.2. The molecule has 2 aromatic rings. The third-order valence-corrected chi connectivity index (χ3v) is 4.09. The van der Waals surface area contributed by atoms with Crippen LogP contribution in [0.15, 0.2) is 22.7 Å². The summed E-state index contributed by atoms with van der Waals surface area (Å²) in [5.74, 6) is 1.81. The largest absolute Gasteiger partial charge is 0.454 e. The van der Waals surface area contributed by atoms with E-state index in [1.165, 1.54) is 0 Å². The Morgan fingerprint density at radius 3 is 3.12 bits per heavy atom. The molecule has 0 spiro atoms. The number of carbonyl (C=O) groups excluding carboxylic acids is 1. The summed E-state index contributed by atoms with van der Waals surface area (Å²) in [5.41, 5.74) is 0.722. The summed E-state index contributed by atoms with van der Waals surface area (Å²) in [6.07, 6.45) is 2.13. The Kier molecular flexibility index (Phi) is 4.98. The summed E-state index contributed by atoms with van der Waals surface area (Å²) in [4.78, 5) is 16.1. The Hall–Kier alpha value is -2.65. The van der Waals surface area contributed by atoms with Gasteiger partial charge >= 0.3 is 0 Å². The monoisotopic (exact) mass is 361 g/mol. The lowest BCUT2D eigenvalue weighted by molar-refractivity contribution is -0.127. The molecule has 1 amide bonds. The number of rotatable bonds is 7. The summed E-state index contributed by atoms with van der Waals surface area (Å²) in [6, 6.07) is 5.37. The van der Waals surface area contributed by atoms with Crippen molar-refractivity contribution >= 4 is 5.91 Å². The summed E-state index contributed by atoms with van der Waals surface area (Å²) >= 11 is 0. The van der Waals surface area contributed by atoms with Gasteiger partial charge in [0, 0.05) is 12.2 Å². The number of nitrogens with one attached hydrogen (secondary N) is 1. The minimum atomic E-state index is -0.238. The molecule has 3 heterocycles. The summed E-state index contributed by atoms with van der Waals surface area (Å²) in [5, 5.41) is 6.56. The normalized spacial score (nSPS) is 18.2. The molecule has 9 nitrogen and oxygen atoms in total. The van der Waals surface area contributed by atoms with Crippen LogP contribution in [0.2, 0.25) is 0 Å². The Balaban J connectivity index is 1.25. The van der Waals surface area contributed by atoms with E-state index in [1.54, 1.807) is 12.1 Å². The van der Waals surface area contributed by atoms with E-state index in [-0.39, 0.29) is 32.0 Å². The van der Waals surface area contributed by atoms with E-state index in [0.29, 0.717) is 29.8 Å². The first kappa shape index (κ1) is 16.8. The van der Waals surface area contributed by atoms with Gasteiger partial charge in [0.05, 0.1) is 19.3 Å². The van der Waals surface area contributed by atoms with Crippen LogP contribution in [0.5, 0.6) is 11.5 Å². The predicted octanol–water partition coefficient (Wildman–Crippen LogP) is 1.28. The maximum atomic E-state index is 11.8. The third-order valence-electron chi connectivity index (χ3n) is 4.09. The average molecular weight is 361 g/mol. The molecule has 138 valence electrons. The van der Waals surface area contributed by atoms with E-state index in [4.69, 9.17) is 23.5 Å². The highest BCUT2D eigenvalue weighted by atomic mass is 16.7. The molecule has 2 aliphatic rings. The van der Waals surface area contributed by atoms with Crippen LogP contribution in [0, 0.1) is 0 Å². The van der Waals surface area contributed by atoms with Crippen molar-refractivity contribution in [2.75, 3.05) is 26.6 Å². The van der Waals surface area contributed by atoms with Crippen molar-refractivity contribution in [3.63, 3.8) is 0 Å². The molecular weight excluding hydrogens is 342 g/mol. The van der Waals surface area contributed by atoms with Crippen LogP contribution in [0.4, 0.5) is 0 Å². The third kappa shape index (κ3) is 3.94. The second-order valence-electron chi connectivity index (χ2n) is 6.01. The van der Waals surface area contributed by atoms with Gasteiger partial charge < -0.3 is 28.8 Å². The number of amides is 1. The Bertz CT molecular complexity index is 772. The van der Waals surface area contributed by atoms with Gasteiger partial charge in [0.25, 0.3) is 5.89 Å². The SMILES string of the molecule is O=C(COCC1CCCO1)NCc1noc(-c2ccc3c(c2)OCO3)n1. The smallest absolute Gasteiger partial charge is 0.258 e. The molecule has 1 atom stereocenters. The molecule has 0 aliphatic carbocycles. The first-order chi connectivity index (χ1) is 12.8. The van der Waals surface area contributed by atoms with Gasteiger partial charge in [0.2, 0.25) is 12.7 Å².